The Labute approximate surface area is 91.1 Å². The van der Waals surface area contributed by atoms with Crippen molar-refractivity contribution in [3.8, 4) is 0 Å². The van der Waals surface area contributed by atoms with Gasteiger partial charge in [0.1, 0.15) is 17.0 Å². The van der Waals surface area contributed by atoms with Gasteiger partial charge in [-0.3, -0.25) is 0 Å². The fraction of sp³-hybridized carbons (Fsp3) is 0.444. The normalized spacial score (nSPS) is 20.9. The summed E-state index contributed by atoms with van der Waals surface area (Å²) in [5, 5.41) is 7.76. The van der Waals surface area contributed by atoms with Gasteiger partial charge in [-0.05, 0) is 24.5 Å². The molecular formula is C9H11N5S. The Balaban J connectivity index is 1.92. The Bertz CT molecular complexity index is 462. The first-order valence-corrected chi connectivity index (χ1v) is 5.73. The molecule has 0 aliphatic carbocycles. The molecule has 15 heavy (non-hydrogen) atoms. The molecule has 0 bridgehead atoms. The van der Waals surface area contributed by atoms with E-state index in [1.807, 2.05) is 6.20 Å². The van der Waals surface area contributed by atoms with Crippen molar-refractivity contribution in [2.24, 2.45) is 0 Å². The van der Waals surface area contributed by atoms with E-state index in [4.69, 9.17) is 0 Å². The minimum atomic E-state index is 0.475. The lowest BCUT2D eigenvalue weighted by molar-refractivity contribution is 0.789. The van der Waals surface area contributed by atoms with Crippen LogP contribution in [0.15, 0.2) is 12.5 Å². The molecule has 1 aliphatic heterocycles. The molecule has 2 N–H and O–H groups in total. The number of hydrogen-bond acceptors (Lipinski definition) is 6. The summed E-state index contributed by atoms with van der Waals surface area (Å²) in [6.07, 6.45) is 4.55. The molecular weight excluding hydrogens is 210 g/mol. The second kappa shape index (κ2) is 3.71. The van der Waals surface area contributed by atoms with Crippen molar-refractivity contribution in [3.63, 3.8) is 0 Å². The zero-order valence-electron chi connectivity index (χ0n) is 8.10. The maximum absolute atomic E-state index is 4.26. The molecule has 0 aromatic carbocycles. The van der Waals surface area contributed by atoms with Gasteiger partial charge in [-0.25, -0.2) is 9.97 Å². The van der Waals surface area contributed by atoms with Crippen LogP contribution in [0.2, 0.25) is 0 Å². The van der Waals surface area contributed by atoms with E-state index < -0.39 is 0 Å². The van der Waals surface area contributed by atoms with Crippen molar-refractivity contribution < 1.29 is 0 Å². The summed E-state index contributed by atoms with van der Waals surface area (Å²) in [6, 6.07) is 0.475. The van der Waals surface area contributed by atoms with E-state index in [2.05, 4.69) is 25.0 Å². The average Bonchev–Trinajstić information content (AvgIpc) is 2.87. The Hall–Kier alpha value is -1.27. The molecule has 1 atom stereocenters. The van der Waals surface area contributed by atoms with E-state index in [9.17, 15) is 0 Å². The van der Waals surface area contributed by atoms with Crippen molar-refractivity contribution in [3.05, 3.63) is 12.5 Å². The fourth-order valence-corrected chi connectivity index (χ4v) is 2.38. The van der Waals surface area contributed by atoms with Crippen molar-refractivity contribution in [2.45, 2.75) is 12.5 Å². The number of fused-ring (bicyclic) bond motifs is 1. The highest BCUT2D eigenvalue weighted by molar-refractivity contribution is 7.12. The molecule has 5 nitrogen and oxygen atoms in total. The third kappa shape index (κ3) is 1.66. The van der Waals surface area contributed by atoms with Gasteiger partial charge in [0.05, 0.1) is 11.6 Å². The van der Waals surface area contributed by atoms with Gasteiger partial charge in [-0.2, -0.15) is 4.37 Å². The van der Waals surface area contributed by atoms with E-state index in [0.717, 1.165) is 35.5 Å². The number of anilines is 1. The highest BCUT2D eigenvalue weighted by atomic mass is 32.1. The van der Waals surface area contributed by atoms with Crippen molar-refractivity contribution in [1.82, 2.24) is 19.7 Å². The first-order chi connectivity index (χ1) is 7.43. The average molecular weight is 221 g/mol. The van der Waals surface area contributed by atoms with Crippen LogP contribution in [0.5, 0.6) is 0 Å². The van der Waals surface area contributed by atoms with Gasteiger partial charge in [-0.15, -0.1) is 0 Å². The smallest absolute Gasteiger partial charge is 0.148 e. The zero-order chi connectivity index (χ0) is 10.1. The van der Waals surface area contributed by atoms with Gasteiger partial charge < -0.3 is 10.6 Å². The number of hydrogen-bond donors (Lipinski definition) is 2. The second-order valence-electron chi connectivity index (χ2n) is 3.60. The molecule has 2 aromatic rings. The van der Waals surface area contributed by atoms with Crippen molar-refractivity contribution in [1.29, 1.82) is 0 Å². The Kier molecular flexibility index (Phi) is 2.22. The Morgan fingerprint density at radius 2 is 2.47 bits per heavy atom. The topological polar surface area (TPSA) is 62.7 Å². The first kappa shape index (κ1) is 8.99. The molecule has 3 rings (SSSR count). The molecule has 0 saturated carbocycles. The molecule has 2 aromatic heterocycles. The molecule has 1 fully saturated rings. The molecule has 3 heterocycles. The third-order valence-corrected chi connectivity index (χ3v) is 3.28. The van der Waals surface area contributed by atoms with Crippen LogP contribution < -0.4 is 10.6 Å². The first-order valence-electron chi connectivity index (χ1n) is 4.96. The zero-order valence-corrected chi connectivity index (χ0v) is 8.92. The van der Waals surface area contributed by atoms with Gasteiger partial charge in [0.15, 0.2) is 0 Å². The maximum atomic E-state index is 4.26. The molecule has 78 valence electrons. The minimum absolute atomic E-state index is 0.475. The molecule has 1 saturated heterocycles. The standard InChI is InChI=1S/C9H11N5S/c1-2-10-3-6(1)14-8-7-4-13-15-9(7)12-5-11-8/h4-6,10H,1-3H2,(H,11,12,14). The predicted octanol–water partition coefficient (Wildman–Crippen LogP) is 0.860. The van der Waals surface area contributed by atoms with Crippen LogP contribution in [0.4, 0.5) is 5.82 Å². The van der Waals surface area contributed by atoms with E-state index in [1.54, 1.807) is 6.33 Å². The minimum Gasteiger partial charge on any atom is -0.365 e. The van der Waals surface area contributed by atoms with Gasteiger partial charge >= 0.3 is 0 Å². The highest BCUT2D eigenvalue weighted by Crippen LogP contribution is 2.22. The predicted molar refractivity (Wildman–Crippen MR) is 60.1 cm³/mol. The molecule has 0 amide bonds. The SMILES string of the molecule is c1nc(NC2CCNC2)c2cnsc2n1. The molecule has 1 unspecified atom stereocenters. The lowest BCUT2D eigenvalue weighted by Crippen LogP contribution is -2.22. The van der Waals surface area contributed by atoms with Gasteiger partial charge in [-0.1, -0.05) is 0 Å². The van der Waals surface area contributed by atoms with Gasteiger partial charge in [0, 0.05) is 12.6 Å². The third-order valence-electron chi connectivity index (χ3n) is 2.57. The Morgan fingerprint density at radius 3 is 3.33 bits per heavy atom. The van der Waals surface area contributed by atoms with E-state index in [-0.39, 0.29) is 0 Å². The van der Waals surface area contributed by atoms with Crippen LogP contribution in [0.25, 0.3) is 10.2 Å². The van der Waals surface area contributed by atoms with E-state index in [0.29, 0.717) is 6.04 Å². The van der Waals surface area contributed by atoms with Gasteiger partial charge in [0.2, 0.25) is 0 Å². The second-order valence-corrected chi connectivity index (χ2v) is 4.38. The fourth-order valence-electron chi connectivity index (χ4n) is 1.78. The maximum Gasteiger partial charge on any atom is 0.148 e. The number of nitrogens with one attached hydrogen (secondary N) is 2. The van der Waals surface area contributed by atoms with Gasteiger partial charge in [0.25, 0.3) is 0 Å². The summed E-state index contributed by atoms with van der Waals surface area (Å²) in [5.74, 6) is 0.905. The number of aromatic nitrogens is 3. The molecule has 0 spiro atoms. The number of nitrogens with zero attached hydrogens (tertiary/aromatic N) is 3. The van der Waals surface area contributed by atoms with Crippen LogP contribution in [-0.4, -0.2) is 33.5 Å². The highest BCUT2D eigenvalue weighted by Gasteiger charge is 2.16. The molecule has 6 heteroatoms. The largest absolute Gasteiger partial charge is 0.365 e. The lowest BCUT2D eigenvalue weighted by atomic mass is 10.2. The van der Waals surface area contributed by atoms with Crippen molar-refractivity contribution in [2.75, 3.05) is 18.4 Å². The monoisotopic (exact) mass is 221 g/mol. The van der Waals surface area contributed by atoms with Crippen LogP contribution >= 0.6 is 11.5 Å². The summed E-state index contributed by atoms with van der Waals surface area (Å²) in [4.78, 5) is 9.37. The van der Waals surface area contributed by atoms with Crippen LogP contribution in [0, 0.1) is 0 Å². The number of rotatable bonds is 2. The summed E-state index contributed by atoms with van der Waals surface area (Å²) in [6.45, 7) is 2.08. The van der Waals surface area contributed by atoms with Crippen LogP contribution in [-0.2, 0) is 0 Å². The molecule has 1 aliphatic rings. The summed E-state index contributed by atoms with van der Waals surface area (Å²) < 4.78 is 4.12. The Morgan fingerprint density at radius 1 is 1.47 bits per heavy atom. The van der Waals surface area contributed by atoms with Crippen molar-refractivity contribution >= 4 is 27.6 Å². The van der Waals surface area contributed by atoms with E-state index >= 15 is 0 Å². The lowest BCUT2D eigenvalue weighted by Gasteiger charge is -2.11. The summed E-state index contributed by atoms with van der Waals surface area (Å²) >= 11 is 1.40. The summed E-state index contributed by atoms with van der Waals surface area (Å²) in [5.41, 5.74) is 0. The van der Waals surface area contributed by atoms with Crippen LogP contribution in [0.1, 0.15) is 6.42 Å². The quantitative estimate of drug-likeness (QED) is 0.787. The van der Waals surface area contributed by atoms with E-state index in [1.165, 1.54) is 11.5 Å². The summed E-state index contributed by atoms with van der Waals surface area (Å²) in [7, 11) is 0. The molecule has 0 radical (unpaired) electrons. The van der Waals surface area contributed by atoms with Crippen LogP contribution in [0.3, 0.4) is 0 Å².